The summed E-state index contributed by atoms with van der Waals surface area (Å²) in [6.45, 7) is 0. The van der Waals surface area contributed by atoms with Crippen molar-refractivity contribution in [3.8, 4) is 33.4 Å². The number of benzene rings is 5. The molecule has 1 nitrogen and oxygen atoms in total. The summed E-state index contributed by atoms with van der Waals surface area (Å²) in [5.41, 5.74) is 5.62. The molecule has 0 amide bonds. The Morgan fingerprint density at radius 2 is 0.941 bits per heavy atom. The van der Waals surface area contributed by atoms with Crippen molar-refractivity contribution in [1.29, 1.82) is 0 Å². The molecule has 0 fully saturated rings. The Labute approximate surface area is 198 Å². The van der Waals surface area contributed by atoms with Crippen LogP contribution in [0.15, 0.2) is 121 Å². The molecule has 0 saturated carbocycles. The molecule has 0 atom stereocenters. The summed E-state index contributed by atoms with van der Waals surface area (Å²) >= 11 is 0. The van der Waals surface area contributed by atoms with E-state index >= 15 is 4.39 Å². The van der Waals surface area contributed by atoms with Crippen LogP contribution in [0.1, 0.15) is 0 Å². The monoisotopic (exact) mass is 447 g/mol. The molecule has 0 aliphatic heterocycles. The van der Waals surface area contributed by atoms with Crippen LogP contribution in [0.2, 0.25) is 0 Å². The number of hydrogen-bond acceptors (Lipinski definition) is 1. The molecule has 5 rings (SSSR count). The summed E-state index contributed by atoms with van der Waals surface area (Å²) in [7, 11) is 1.70. The fourth-order valence-corrected chi connectivity index (χ4v) is 4.28. The topological polar surface area (TPSA) is 3.24 Å². The van der Waals surface area contributed by atoms with Crippen LogP contribution in [0, 0.1) is 11.6 Å². The van der Waals surface area contributed by atoms with Crippen molar-refractivity contribution in [3.05, 3.63) is 133 Å². The van der Waals surface area contributed by atoms with Gasteiger partial charge in [-0.05, 0) is 34.4 Å². The van der Waals surface area contributed by atoms with Crippen molar-refractivity contribution in [3.63, 3.8) is 0 Å². The van der Waals surface area contributed by atoms with E-state index in [0.29, 0.717) is 22.5 Å². The molecular formula is C31H23F2N. The van der Waals surface area contributed by atoms with Crippen LogP contribution >= 0.6 is 0 Å². The SMILES string of the molecule is CN(c1ccccc1F)c1c(-c2ccccc2)ccc(-c2ccc(-c3ccccc3)cc2)c1F. The Bertz CT molecular complexity index is 1410. The maximum atomic E-state index is 16.2. The van der Waals surface area contributed by atoms with Gasteiger partial charge >= 0.3 is 0 Å². The van der Waals surface area contributed by atoms with Gasteiger partial charge in [0.1, 0.15) is 5.82 Å². The maximum Gasteiger partial charge on any atom is 0.155 e. The lowest BCUT2D eigenvalue weighted by atomic mass is 9.95. The van der Waals surface area contributed by atoms with Gasteiger partial charge in [0, 0.05) is 18.2 Å². The van der Waals surface area contributed by atoms with Crippen molar-refractivity contribution >= 4 is 11.4 Å². The molecular weight excluding hydrogens is 424 g/mol. The predicted octanol–water partition coefficient (Wildman–Crippen LogP) is 8.73. The molecule has 0 spiro atoms. The lowest BCUT2D eigenvalue weighted by molar-refractivity contribution is 0.619. The summed E-state index contributed by atoms with van der Waals surface area (Å²) < 4.78 is 30.9. The molecule has 34 heavy (non-hydrogen) atoms. The third-order valence-corrected chi connectivity index (χ3v) is 6.05. The smallest absolute Gasteiger partial charge is 0.155 e. The first kappa shape index (κ1) is 21.6. The van der Waals surface area contributed by atoms with Crippen LogP contribution in [0.3, 0.4) is 0 Å². The number of nitrogens with zero attached hydrogens (tertiary/aromatic N) is 1. The number of hydrogen-bond donors (Lipinski definition) is 0. The summed E-state index contributed by atoms with van der Waals surface area (Å²) in [6.07, 6.45) is 0. The fraction of sp³-hybridized carbons (Fsp3) is 0.0323. The standard InChI is InChI=1S/C31H23F2N/c1-34(29-15-9-8-14-28(29)32)31-27(24-12-6-3-7-13-24)21-20-26(30(31)33)25-18-16-23(17-19-25)22-10-4-2-5-11-22/h2-21H,1H3. The highest BCUT2D eigenvalue weighted by Crippen LogP contribution is 2.41. The van der Waals surface area contributed by atoms with Crippen LogP contribution in [-0.4, -0.2) is 7.05 Å². The van der Waals surface area contributed by atoms with Gasteiger partial charge in [-0.2, -0.15) is 0 Å². The minimum atomic E-state index is -0.402. The van der Waals surface area contributed by atoms with Crippen LogP contribution in [0.5, 0.6) is 0 Å². The summed E-state index contributed by atoms with van der Waals surface area (Å²) in [5.74, 6) is -0.791. The number of anilines is 2. The second-order valence-corrected chi connectivity index (χ2v) is 8.14. The molecule has 0 aliphatic carbocycles. The molecule has 0 aromatic heterocycles. The Morgan fingerprint density at radius 1 is 0.471 bits per heavy atom. The van der Waals surface area contributed by atoms with Gasteiger partial charge in [-0.1, -0.05) is 109 Å². The van der Waals surface area contributed by atoms with Crippen molar-refractivity contribution in [2.45, 2.75) is 0 Å². The Balaban J connectivity index is 1.64. The van der Waals surface area contributed by atoms with E-state index in [1.54, 1.807) is 36.2 Å². The minimum Gasteiger partial charge on any atom is -0.339 e. The van der Waals surface area contributed by atoms with E-state index < -0.39 is 5.82 Å². The molecule has 0 aliphatic rings. The van der Waals surface area contributed by atoms with E-state index in [1.165, 1.54) is 6.07 Å². The molecule has 0 unspecified atom stereocenters. The zero-order chi connectivity index (χ0) is 23.5. The van der Waals surface area contributed by atoms with E-state index in [1.807, 2.05) is 91.0 Å². The van der Waals surface area contributed by atoms with Crippen LogP contribution < -0.4 is 4.90 Å². The average Bonchev–Trinajstić information content (AvgIpc) is 2.89. The van der Waals surface area contributed by atoms with Gasteiger partial charge in [0.25, 0.3) is 0 Å². The van der Waals surface area contributed by atoms with E-state index in [0.717, 1.165) is 22.3 Å². The molecule has 5 aromatic rings. The van der Waals surface area contributed by atoms with Crippen LogP contribution in [-0.2, 0) is 0 Å². The summed E-state index contributed by atoms with van der Waals surface area (Å²) in [5, 5.41) is 0. The second kappa shape index (κ2) is 9.32. The number of para-hydroxylation sites is 1. The molecule has 0 N–H and O–H groups in total. The molecule has 166 valence electrons. The third-order valence-electron chi connectivity index (χ3n) is 6.05. The molecule has 0 saturated heterocycles. The zero-order valence-corrected chi connectivity index (χ0v) is 18.8. The van der Waals surface area contributed by atoms with E-state index in [2.05, 4.69) is 0 Å². The number of halogens is 2. The summed E-state index contributed by atoms with van der Waals surface area (Å²) in [6, 6.07) is 37.7. The Morgan fingerprint density at radius 3 is 1.59 bits per heavy atom. The van der Waals surface area contributed by atoms with Crippen molar-refractivity contribution in [2.75, 3.05) is 11.9 Å². The van der Waals surface area contributed by atoms with Gasteiger partial charge < -0.3 is 4.90 Å². The summed E-state index contributed by atoms with van der Waals surface area (Å²) in [4.78, 5) is 1.59. The first-order chi connectivity index (χ1) is 16.6. The van der Waals surface area contributed by atoms with Gasteiger partial charge in [-0.3, -0.25) is 0 Å². The lowest BCUT2D eigenvalue weighted by Crippen LogP contribution is -2.14. The highest BCUT2D eigenvalue weighted by atomic mass is 19.1. The molecule has 5 aromatic carbocycles. The maximum absolute atomic E-state index is 16.2. The van der Waals surface area contributed by atoms with Gasteiger partial charge in [-0.15, -0.1) is 0 Å². The zero-order valence-electron chi connectivity index (χ0n) is 18.8. The third kappa shape index (κ3) is 4.08. The van der Waals surface area contributed by atoms with Gasteiger partial charge in [0.15, 0.2) is 5.82 Å². The number of rotatable bonds is 5. The lowest BCUT2D eigenvalue weighted by Gasteiger charge is -2.25. The molecule has 0 heterocycles. The second-order valence-electron chi connectivity index (χ2n) is 8.14. The predicted molar refractivity (Wildman–Crippen MR) is 137 cm³/mol. The normalized spacial score (nSPS) is 10.8. The Hall–Kier alpha value is -4.24. The molecule has 0 radical (unpaired) electrons. The molecule has 3 heteroatoms. The van der Waals surface area contributed by atoms with Gasteiger partial charge in [0.2, 0.25) is 0 Å². The van der Waals surface area contributed by atoms with Gasteiger partial charge in [0.05, 0.1) is 11.4 Å². The van der Waals surface area contributed by atoms with Crippen LogP contribution in [0.4, 0.5) is 20.2 Å². The van der Waals surface area contributed by atoms with Crippen molar-refractivity contribution in [1.82, 2.24) is 0 Å². The van der Waals surface area contributed by atoms with Crippen molar-refractivity contribution in [2.24, 2.45) is 0 Å². The largest absolute Gasteiger partial charge is 0.339 e. The Kier molecular flexibility index (Phi) is 5.92. The molecule has 0 bridgehead atoms. The van der Waals surface area contributed by atoms with E-state index in [-0.39, 0.29) is 5.82 Å². The minimum absolute atomic E-state index is 0.315. The average molecular weight is 448 g/mol. The first-order valence-electron chi connectivity index (χ1n) is 11.2. The first-order valence-corrected chi connectivity index (χ1v) is 11.2. The van der Waals surface area contributed by atoms with Crippen molar-refractivity contribution < 1.29 is 8.78 Å². The fourth-order valence-electron chi connectivity index (χ4n) is 4.28. The van der Waals surface area contributed by atoms with Crippen LogP contribution in [0.25, 0.3) is 33.4 Å². The quantitative estimate of drug-likeness (QED) is 0.260. The van der Waals surface area contributed by atoms with E-state index in [4.69, 9.17) is 0 Å². The highest BCUT2D eigenvalue weighted by Gasteiger charge is 2.21. The highest BCUT2D eigenvalue weighted by molar-refractivity contribution is 5.87. The van der Waals surface area contributed by atoms with Gasteiger partial charge in [-0.25, -0.2) is 8.78 Å². The van der Waals surface area contributed by atoms with E-state index in [9.17, 15) is 4.39 Å².